The van der Waals surface area contributed by atoms with E-state index >= 15 is 0 Å². The Balaban J connectivity index is 1.94. The summed E-state index contributed by atoms with van der Waals surface area (Å²) in [6, 6.07) is 3.80. The Morgan fingerprint density at radius 2 is 2.18 bits per heavy atom. The van der Waals surface area contributed by atoms with Crippen molar-refractivity contribution in [3.63, 3.8) is 0 Å². The molecule has 1 saturated heterocycles. The van der Waals surface area contributed by atoms with Crippen molar-refractivity contribution in [2.24, 2.45) is 11.3 Å². The van der Waals surface area contributed by atoms with Crippen LogP contribution >= 0.6 is 0 Å². The predicted octanol–water partition coefficient (Wildman–Crippen LogP) is 2.01. The van der Waals surface area contributed by atoms with E-state index in [-0.39, 0.29) is 23.9 Å². The van der Waals surface area contributed by atoms with Crippen LogP contribution in [0, 0.1) is 24.1 Å². The molecule has 22 heavy (non-hydrogen) atoms. The Kier molecular flexibility index (Phi) is 3.52. The van der Waals surface area contributed by atoms with Gasteiger partial charge in [0.1, 0.15) is 5.82 Å². The van der Waals surface area contributed by atoms with E-state index in [9.17, 15) is 22.7 Å². The summed E-state index contributed by atoms with van der Waals surface area (Å²) in [5.41, 5.74) is -0.602. The molecule has 0 spiro atoms. The molecule has 0 amide bonds. The molecule has 120 valence electrons. The maximum absolute atomic E-state index is 13.7. The van der Waals surface area contributed by atoms with Crippen molar-refractivity contribution in [3.05, 3.63) is 29.6 Å². The molecule has 7 heteroatoms. The first-order valence-corrected chi connectivity index (χ1v) is 8.71. The second-order valence-corrected chi connectivity index (χ2v) is 8.20. The van der Waals surface area contributed by atoms with Crippen molar-refractivity contribution < 1.29 is 22.7 Å². The third-order valence-electron chi connectivity index (χ3n) is 5.05. The number of rotatable bonds is 3. The number of fused-ring (bicyclic) bond motifs is 1. The molecule has 0 unspecified atom stereocenters. The van der Waals surface area contributed by atoms with E-state index < -0.39 is 27.2 Å². The number of aliphatic carboxylic acids is 1. The van der Waals surface area contributed by atoms with Crippen LogP contribution < -0.4 is 0 Å². The van der Waals surface area contributed by atoms with Gasteiger partial charge in [0.15, 0.2) is 0 Å². The van der Waals surface area contributed by atoms with Gasteiger partial charge in [0.2, 0.25) is 10.0 Å². The number of hydrogen-bond donors (Lipinski definition) is 1. The van der Waals surface area contributed by atoms with Gasteiger partial charge in [-0.25, -0.2) is 12.8 Å². The molecule has 1 aliphatic heterocycles. The summed E-state index contributed by atoms with van der Waals surface area (Å²) in [5.74, 6) is -1.66. The lowest BCUT2D eigenvalue weighted by molar-refractivity contribution is -0.149. The Morgan fingerprint density at radius 3 is 2.77 bits per heavy atom. The normalized spacial score (nSPS) is 28.7. The largest absolute Gasteiger partial charge is 0.481 e. The lowest BCUT2D eigenvalue weighted by atomic mass is 9.81. The number of carboxylic acid groups (broad SMARTS) is 1. The fourth-order valence-corrected chi connectivity index (χ4v) is 5.23. The third-order valence-corrected chi connectivity index (χ3v) is 6.85. The monoisotopic (exact) mass is 327 g/mol. The van der Waals surface area contributed by atoms with Crippen LogP contribution in [0.1, 0.15) is 24.8 Å². The molecule has 2 fully saturated rings. The number of sulfonamides is 1. The average Bonchev–Trinajstić information content (AvgIpc) is 2.99. The smallest absolute Gasteiger partial charge is 0.311 e. The van der Waals surface area contributed by atoms with Gasteiger partial charge < -0.3 is 5.11 Å². The van der Waals surface area contributed by atoms with E-state index in [0.29, 0.717) is 12.0 Å². The molecule has 1 N–H and O–H groups in total. The van der Waals surface area contributed by atoms with E-state index in [1.807, 2.05) is 0 Å². The van der Waals surface area contributed by atoms with Gasteiger partial charge in [0.05, 0.1) is 10.3 Å². The number of carbonyl (C=O) groups is 1. The average molecular weight is 327 g/mol. The molecular formula is C15H18FNO4S. The fourth-order valence-electron chi connectivity index (χ4n) is 3.66. The zero-order valence-electron chi connectivity index (χ0n) is 12.3. The number of hydrogen-bond acceptors (Lipinski definition) is 3. The van der Waals surface area contributed by atoms with Crippen LogP contribution in [0.25, 0.3) is 0 Å². The highest BCUT2D eigenvalue weighted by molar-refractivity contribution is 7.89. The maximum Gasteiger partial charge on any atom is 0.311 e. The molecular weight excluding hydrogens is 309 g/mol. The molecule has 5 nitrogen and oxygen atoms in total. The third kappa shape index (κ3) is 2.14. The van der Waals surface area contributed by atoms with Crippen molar-refractivity contribution in [3.8, 4) is 0 Å². The highest BCUT2D eigenvalue weighted by atomic mass is 32.2. The van der Waals surface area contributed by atoms with Crippen LogP contribution in [0.15, 0.2) is 23.1 Å². The molecule has 3 rings (SSSR count). The molecule has 1 saturated carbocycles. The molecule has 2 atom stereocenters. The van der Waals surface area contributed by atoms with Gasteiger partial charge >= 0.3 is 5.97 Å². The maximum atomic E-state index is 13.7. The topological polar surface area (TPSA) is 74.7 Å². The predicted molar refractivity (Wildman–Crippen MR) is 77.3 cm³/mol. The van der Waals surface area contributed by atoms with Gasteiger partial charge in [-0.15, -0.1) is 0 Å². The van der Waals surface area contributed by atoms with E-state index in [0.717, 1.165) is 18.9 Å². The molecule has 1 aromatic rings. The molecule has 0 aromatic heterocycles. The van der Waals surface area contributed by atoms with Gasteiger partial charge in [0.25, 0.3) is 0 Å². The van der Waals surface area contributed by atoms with Crippen molar-refractivity contribution in [1.82, 2.24) is 4.31 Å². The highest BCUT2D eigenvalue weighted by Gasteiger charge is 2.57. The summed E-state index contributed by atoms with van der Waals surface area (Å²) in [4.78, 5) is 11.5. The molecule has 2 aliphatic rings. The minimum absolute atomic E-state index is 0.0230. The van der Waals surface area contributed by atoms with Crippen LogP contribution in [-0.2, 0) is 14.8 Å². The SMILES string of the molecule is Cc1ccc(S(=O)(=O)N2C[C@@H]3CCC[C@@]3(C(=O)O)C2)cc1F. The van der Waals surface area contributed by atoms with Crippen molar-refractivity contribution in [2.75, 3.05) is 13.1 Å². The van der Waals surface area contributed by atoms with Crippen LogP contribution in [0.4, 0.5) is 4.39 Å². The Bertz CT molecular complexity index is 733. The lowest BCUT2D eigenvalue weighted by Crippen LogP contribution is -2.37. The first-order valence-electron chi connectivity index (χ1n) is 7.27. The quantitative estimate of drug-likeness (QED) is 0.921. The molecule has 1 heterocycles. The molecule has 0 bridgehead atoms. The van der Waals surface area contributed by atoms with Crippen LogP contribution in [0.5, 0.6) is 0 Å². The molecule has 1 aliphatic carbocycles. The van der Waals surface area contributed by atoms with Crippen LogP contribution in [-0.4, -0.2) is 36.9 Å². The van der Waals surface area contributed by atoms with E-state index in [2.05, 4.69) is 0 Å². The van der Waals surface area contributed by atoms with Crippen molar-refractivity contribution in [1.29, 1.82) is 0 Å². The van der Waals surface area contributed by atoms with Crippen LogP contribution in [0.3, 0.4) is 0 Å². The van der Waals surface area contributed by atoms with Gasteiger partial charge in [-0.1, -0.05) is 12.5 Å². The minimum atomic E-state index is -3.86. The van der Waals surface area contributed by atoms with Crippen molar-refractivity contribution >= 4 is 16.0 Å². The van der Waals surface area contributed by atoms with Crippen molar-refractivity contribution in [2.45, 2.75) is 31.1 Å². The lowest BCUT2D eigenvalue weighted by Gasteiger charge is -2.23. The second-order valence-electron chi connectivity index (χ2n) is 6.26. The van der Waals surface area contributed by atoms with Crippen LogP contribution in [0.2, 0.25) is 0 Å². The van der Waals surface area contributed by atoms with Gasteiger partial charge in [-0.2, -0.15) is 4.31 Å². The summed E-state index contributed by atoms with van der Waals surface area (Å²) >= 11 is 0. The number of nitrogens with zero attached hydrogens (tertiary/aromatic N) is 1. The highest BCUT2D eigenvalue weighted by Crippen LogP contribution is 2.50. The fraction of sp³-hybridized carbons (Fsp3) is 0.533. The van der Waals surface area contributed by atoms with E-state index in [1.54, 1.807) is 6.92 Å². The first kappa shape index (κ1) is 15.4. The number of carboxylic acids is 1. The summed E-state index contributed by atoms with van der Waals surface area (Å²) in [7, 11) is -3.86. The van der Waals surface area contributed by atoms with E-state index in [4.69, 9.17) is 0 Å². The van der Waals surface area contributed by atoms with Gasteiger partial charge in [-0.05, 0) is 43.4 Å². The summed E-state index contributed by atoms with van der Waals surface area (Å²) < 4.78 is 40.2. The molecule has 0 radical (unpaired) electrons. The number of halogens is 1. The summed E-state index contributed by atoms with van der Waals surface area (Å²) in [6.07, 6.45) is 2.03. The summed E-state index contributed by atoms with van der Waals surface area (Å²) in [6.45, 7) is 1.74. The Morgan fingerprint density at radius 1 is 1.45 bits per heavy atom. The standard InChI is InChI=1S/C15H18FNO4S/c1-10-4-5-12(7-13(10)16)22(20,21)17-8-11-3-2-6-15(11,9-17)14(18)19/h4-5,7,11H,2-3,6,8-9H2,1H3,(H,18,19)/t11-,15+/m0/s1. The first-order chi connectivity index (χ1) is 10.3. The Labute approximate surface area is 128 Å². The number of aryl methyl sites for hydroxylation is 1. The van der Waals surface area contributed by atoms with E-state index in [1.165, 1.54) is 16.4 Å². The Hall–Kier alpha value is -1.47. The number of benzene rings is 1. The second kappa shape index (κ2) is 5.03. The minimum Gasteiger partial charge on any atom is -0.481 e. The molecule has 1 aromatic carbocycles. The zero-order chi connectivity index (χ0) is 16.1. The van der Waals surface area contributed by atoms with Gasteiger partial charge in [0, 0.05) is 13.1 Å². The van der Waals surface area contributed by atoms with Gasteiger partial charge in [-0.3, -0.25) is 4.79 Å². The summed E-state index contributed by atoms with van der Waals surface area (Å²) in [5, 5.41) is 9.53. The zero-order valence-corrected chi connectivity index (χ0v) is 13.1.